The summed E-state index contributed by atoms with van der Waals surface area (Å²) in [5.74, 6) is 0. The van der Waals surface area contributed by atoms with Gasteiger partial charge in [-0.15, -0.1) is 0 Å². The zero-order chi connectivity index (χ0) is 11.7. The summed E-state index contributed by atoms with van der Waals surface area (Å²) in [4.78, 5) is 15.0. The van der Waals surface area contributed by atoms with Crippen molar-refractivity contribution in [1.82, 2.24) is 4.90 Å². The number of benzene rings is 1. The molecule has 1 aliphatic rings. The molecule has 16 heavy (non-hydrogen) atoms. The topological polar surface area (TPSA) is 23.6 Å². The Morgan fingerprint density at radius 1 is 1.25 bits per heavy atom. The third-order valence-electron chi connectivity index (χ3n) is 2.77. The SMILES string of the molecule is CN1CCN(c2cc(Cl)cc(Cl)c2)C1C=O. The van der Waals surface area contributed by atoms with Crippen molar-refractivity contribution in [3.63, 3.8) is 0 Å². The minimum absolute atomic E-state index is 0.227. The Hall–Kier alpha value is -0.770. The largest absolute Gasteiger partial charge is 0.348 e. The first-order chi connectivity index (χ1) is 7.61. The van der Waals surface area contributed by atoms with Gasteiger partial charge in [0, 0.05) is 28.8 Å². The van der Waals surface area contributed by atoms with E-state index in [9.17, 15) is 4.79 Å². The highest BCUT2D eigenvalue weighted by Crippen LogP contribution is 2.28. The van der Waals surface area contributed by atoms with Gasteiger partial charge in [0.25, 0.3) is 0 Å². The zero-order valence-electron chi connectivity index (χ0n) is 8.86. The number of halogens is 2. The molecular weight excluding hydrogens is 247 g/mol. The number of nitrogens with zero attached hydrogens (tertiary/aromatic N) is 2. The minimum atomic E-state index is -0.227. The van der Waals surface area contributed by atoms with Gasteiger partial charge < -0.3 is 4.90 Å². The molecule has 1 unspecified atom stereocenters. The third kappa shape index (κ3) is 2.17. The van der Waals surface area contributed by atoms with E-state index in [4.69, 9.17) is 23.2 Å². The highest BCUT2D eigenvalue weighted by molar-refractivity contribution is 6.35. The Morgan fingerprint density at radius 2 is 1.88 bits per heavy atom. The third-order valence-corrected chi connectivity index (χ3v) is 3.20. The molecule has 0 radical (unpaired) electrons. The van der Waals surface area contributed by atoms with E-state index in [2.05, 4.69) is 0 Å². The number of carbonyl (C=O) groups is 1. The summed E-state index contributed by atoms with van der Waals surface area (Å²) in [5.41, 5.74) is 0.888. The molecule has 1 fully saturated rings. The average molecular weight is 259 g/mol. The van der Waals surface area contributed by atoms with Crippen molar-refractivity contribution >= 4 is 35.2 Å². The van der Waals surface area contributed by atoms with Gasteiger partial charge in [-0.2, -0.15) is 0 Å². The van der Waals surface area contributed by atoms with Gasteiger partial charge in [-0.3, -0.25) is 9.69 Å². The second-order valence-corrected chi connectivity index (χ2v) is 4.72. The van der Waals surface area contributed by atoms with Crippen LogP contribution in [0.5, 0.6) is 0 Å². The van der Waals surface area contributed by atoms with Crippen molar-refractivity contribution in [1.29, 1.82) is 0 Å². The smallest absolute Gasteiger partial charge is 0.157 e. The molecule has 1 aromatic carbocycles. The van der Waals surface area contributed by atoms with Gasteiger partial charge in [0.2, 0.25) is 0 Å². The normalized spacial score (nSPS) is 21.4. The Balaban J connectivity index is 2.33. The highest BCUT2D eigenvalue weighted by atomic mass is 35.5. The molecule has 0 saturated carbocycles. The van der Waals surface area contributed by atoms with Gasteiger partial charge >= 0.3 is 0 Å². The van der Waals surface area contributed by atoms with Crippen molar-refractivity contribution in [2.24, 2.45) is 0 Å². The van der Waals surface area contributed by atoms with Crippen molar-refractivity contribution in [3.05, 3.63) is 28.2 Å². The molecule has 1 atom stereocenters. The average Bonchev–Trinajstić information content (AvgIpc) is 2.58. The van der Waals surface area contributed by atoms with Crippen LogP contribution in [0, 0.1) is 0 Å². The lowest BCUT2D eigenvalue weighted by atomic mass is 10.3. The molecule has 0 bridgehead atoms. The molecule has 1 aliphatic heterocycles. The molecule has 0 aromatic heterocycles. The maximum Gasteiger partial charge on any atom is 0.157 e. The lowest BCUT2D eigenvalue weighted by molar-refractivity contribution is -0.111. The quantitative estimate of drug-likeness (QED) is 0.761. The first-order valence-corrected chi connectivity index (χ1v) is 5.75. The molecule has 0 spiro atoms. The molecule has 0 aliphatic carbocycles. The molecular formula is C11H12Cl2N2O. The molecule has 1 heterocycles. The van der Waals surface area contributed by atoms with Crippen molar-refractivity contribution in [3.8, 4) is 0 Å². The Kier molecular flexibility index (Phi) is 3.38. The fourth-order valence-corrected chi connectivity index (χ4v) is 2.45. The van der Waals surface area contributed by atoms with Gasteiger partial charge in [0.1, 0.15) is 6.17 Å². The first-order valence-electron chi connectivity index (χ1n) is 5.00. The number of likely N-dealkylation sites (N-methyl/N-ethyl adjacent to an activating group) is 1. The molecule has 1 saturated heterocycles. The van der Waals surface area contributed by atoms with Crippen molar-refractivity contribution < 1.29 is 4.79 Å². The molecule has 86 valence electrons. The first kappa shape index (κ1) is 11.7. The maximum absolute atomic E-state index is 11.0. The molecule has 1 aromatic rings. The van der Waals surface area contributed by atoms with Gasteiger partial charge in [0.15, 0.2) is 6.29 Å². The lowest BCUT2D eigenvalue weighted by Gasteiger charge is -2.25. The number of hydrogen-bond acceptors (Lipinski definition) is 3. The second-order valence-electron chi connectivity index (χ2n) is 3.85. The van der Waals surface area contributed by atoms with E-state index in [0.29, 0.717) is 10.0 Å². The van der Waals surface area contributed by atoms with Crippen LogP contribution in [-0.2, 0) is 4.79 Å². The number of hydrogen-bond donors (Lipinski definition) is 0. The monoisotopic (exact) mass is 258 g/mol. The van der Waals surface area contributed by atoms with Crippen molar-refractivity contribution in [2.75, 3.05) is 25.0 Å². The summed E-state index contributed by atoms with van der Waals surface area (Å²) in [6, 6.07) is 5.33. The molecule has 3 nitrogen and oxygen atoms in total. The summed E-state index contributed by atoms with van der Waals surface area (Å²) >= 11 is 11.9. The highest BCUT2D eigenvalue weighted by Gasteiger charge is 2.29. The molecule has 0 amide bonds. The number of carbonyl (C=O) groups excluding carboxylic acids is 1. The van der Waals surface area contributed by atoms with Crippen LogP contribution in [0.25, 0.3) is 0 Å². The van der Waals surface area contributed by atoms with Crippen LogP contribution in [-0.4, -0.2) is 37.5 Å². The summed E-state index contributed by atoms with van der Waals surface area (Å²) in [5, 5.41) is 1.17. The molecule has 2 rings (SSSR count). The maximum atomic E-state index is 11.0. The standard InChI is InChI=1S/C11H12Cl2N2O/c1-14-2-3-15(11(14)7-16)10-5-8(12)4-9(13)6-10/h4-7,11H,2-3H2,1H3. The lowest BCUT2D eigenvalue weighted by Crippen LogP contribution is -2.38. The summed E-state index contributed by atoms with van der Waals surface area (Å²) in [7, 11) is 1.92. The molecule has 5 heteroatoms. The predicted molar refractivity (Wildman–Crippen MR) is 66.3 cm³/mol. The van der Waals surface area contributed by atoms with Crippen LogP contribution in [0.4, 0.5) is 5.69 Å². The van der Waals surface area contributed by atoms with Gasteiger partial charge in [0.05, 0.1) is 0 Å². The summed E-state index contributed by atoms with van der Waals surface area (Å²) < 4.78 is 0. The van der Waals surface area contributed by atoms with E-state index in [1.165, 1.54) is 0 Å². The number of anilines is 1. The minimum Gasteiger partial charge on any atom is -0.348 e. The van der Waals surface area contributed by atoms with E-state index < -0.39 is 0 Å². The molecule has 0 N–H and O–H groups in total. The van der Waals surface area contributed by atoms with E-state index in [1.54, 1.807) is 6.07 Å². The van der Waals surface area contributed by atoms with Gasteiger partial charge in [-0.05, 0) is 25.2 Å². The number of aldehydes is 1. The summed E-state index contributed by atoms with van der Waals surface area (Å²) in [6.07, 6.45) is 0.705. The Morgan fingerprint density at radius 3 is 2.44 bits per heavy atom. The van der Waals surface area contributed by atoms with E-state index in [-0.39, 0.29) is 6.17 Å². The fourth-order valence-electron chi connectivity index (χ4n) is 1.93. The van der Waals surface area contributed by atoms with Crippen LogP contribution in [0.3, 0.4) is 0 Å². The number of rotatable bonds is 2. The second kappa shape index (κ2) is 4.62. The van der Waals surface area contributed by atoms with E-state index in [0.717, 1.165) is 25.1 Å². The van der Waals surface area contributed by atoms with Gasteiger partial charge in [-0.25, -0.2) is 0 Å². The zero-order valence-corrected chi connectivity index (χ0v) is 10.4. The van der Waals surface area contributed by atoms with Crippen LogP contribution in [0.15, 0.2) is 18.2 Å². The van der Waals surface area contributed by atoms with Gasteiger partial charge in [-0.1, -0.05) is 23.2 Å². The fraction of sp³-hybridized carbons (Fsp3) is 0.364. The van der Waals surface area contributed by atoms with E-state index >= 15 is 0 Å². The Labute approximate surface area is 105 Å². The summed E-state index contributed by atoms with van der Waals surface area (Å²) in [6.45, 7) is 1.66. The van der Waals surface area contributed by atoms with Crippen LogP contribution in [0.2, 0.25) is 10.0 Å². The van der Waals surface area contributed by atoms with Crippen LogP contribution in [0.1, 0.15) is 0 Å². The predicted octanol–water partition coefficient (Wildman–Crippen LogP) is 2.27. The van der Waals surface area contributed by atoms with Crippen LogP contribution < -0.4 is 4.90 Å². The van der Waals surface area contributed by atoms with Crippen LogP contribution >= 0.6 is 23.2 Å². The Bertz CT molecular complexity index is 391. The van der Waals surface area contributed by atoms with Crippen molar-refractivity contribution in [2.45, 2.75) is 6.17 Å². The van der Waals surface area contributed by atoms with E-state index in [1.807, 2.05) is 29.0 Å².